The number of ether oxygens (including phenoxy) is 1. The summed E-state index contributed by atoms with van der Waals surface area (Å²) in [6, 6.07) is 6.87. The summed E-state index contributed by atoms with van der Waals surface area (Å²) in [6.07, 6.45) is 8.49. The Balaban J connectivity index is 1.84. The summed E-state index contributed by atoms with van der Waals surface area (Å²) in [5.41, 5.74) is 2.98. The summed E-state index contributed by atoms with van der Waals surface area (Å²) < 4.78 is 5.75. The van der Waals surface area contributed by atoms with Crippen molar-refractivity contribution in [3.05, 3.63) is 29.3 Å². The summed E-state index contributed by atoms with van der Waals surface area (Å²) in [4.78, 5) is 0. The molecular formula is C15H20O. The van der Waals surface area contributed by atoms with Crippen molar-refractivity contribution in [3.8, 4) is 5.75 Å². The molecule has 1 aliphatic carbocycles. The van der Waals surface area contributed by atoms with Crippen LogP contribution in [0.3, 0.4) is 0 Å². The highest BCUT2D eigenvalue weighted by molar-refractivity contribution is 5.41. The van der Waals surface area contributed by atoms with Crippen LogP contribution in [0.25, 0.3) is 0 Å². The molecule has 1 nitrogen and oxygen atoms in total. The van der Waals surface area contributed by atoms with E-state index in [-0.39, 0.29) is 0 Å². The van der Waals surface area contributed by atoms with Gasteiger partial charge in [-0.05, 0) is 42.9 Å². The first-order valence-electron chi connectivity index (χ1n) is 6.62. The average Bonchev–Trinajstić information content (AvgIpc) is 2.69. The molecule has 0 saturated heterocycles. The minimum absolute atomic E-state index is 0.372. The largest absolute Gasteiger partial charge is 0.490 e. The van der Waals surface area contributed by atoms with Crippen molar-refractivity contribution in [1.29, 1.82) is 0 Å². The standard InChI is InChI=1S/C15H20O/c1-11-9-14-10-13(7-8-15(14)16-11)12-5-3-2-4-6-12/h7-8,10-12H,2-6,9H2,1H3. The number of hydrogen-bond donors (Lipinski definition) is 0. The summed E-state index contributed by atoms with van der Waals surface area (Å²) in [5.74, 6) is 1.93. The molecule has 0 spiro atoms. The van der Waals surface area contributed by atoms with E-state index in [4.69, 9.17) is 4.74 Å². The molecule has 1 fully saturated rings. The zero-order chi connectivity index (χ0) is 11.0. The molecule has 0 bridgehead atoms. The summed E-state index contributed by atoms with van der Waals surface area (Å²) in [6.45, 7) is 2.15. The maximum absolute atomic E-state index is 5.75. The van der Waals surface area contributed by atoms with Gasteiger partial charge in [0.1, 0.15) is 11.9 Å². The molecule has 86 valence electrons. The Morgan fingerprint density at radius 3 is 2.75 bits per heavy atom. The van der Waals surface area contributed by atoms with E-state index < -0.39 is 0 Å². The fraction of sp³-hybridized carbons (Fsp3) is 0.600. The summed E-state index contributed by atoms with van der Waals surface area (Å²) in [5, 5.41) is 0. The highest BCUT2D eigenvalue weighted by Crippen LogP contribution is 2.36. The van der Waals surface area contributed by atoms with E-state index in [1.807, 2.05) is 0 Å². The van der Waals surface area contributed by atoms with Crippen LogP contribution in [0.5, 0.6) is 5.75 Å². The van der Waals surface area contributed by atoms with Gasteiger partial charge >= 0.3 is 0 Å². The van der Waals surface area contributed by atoms with Gasteiger partial charge in [0.25, 0.3) is 0 Å². The predicted octanol–water partition coefficient (Wildman–Crippen LogP) is 4.06. The maximum Gasteiger partial charge on any atom is 0.123 e. The Kier molecular flexibility index (Phi) is 2.62. The van der Waals surface area contributed by atoms with Gasteiger partial charge in [0, 0.05) is 6.42 Å². The van der Waals surface area contributed by atoms with Gasteiger partial charge in [-0.25, -0.2) is 0 Å². The first-order valence-corrected chi connectivity index (χ1v) is 6.62. The van der Waals surface area contributed by atoms with Crippen molar-refractivity contribution in [3.63, 3.8) is 0 Å². The van der Waals surface area contributed by atoms with E-state index in [1.54, 1.807) is 5.56 Å². The molecule has 1 heteroatoms. The third kappa shape index (κ3) is 1.83. The van der Waals surface area contributed by atoms with Gasteiger partial charge in [-0.15, -0.1) is 0 Å². The molecule has 1 unspecified atom stereocenters. The van der Waals surface area contributed by atoms with Crippen molar-refractivity contribution in [2.24, 2.45) is 0 Å². The van der Waals surface area contributed by atoms with Gasteiger partial charge in [0.2, 0.25) is 0 Å². The summed E-state index contributed by atoms with van der Waals surface area (Å²) >= 11 is 0. The molecule has 1 aromatic carbocycles. The van der Waals surface area contributed by atoms with Gasteiger partial charge in [0.15, 0.2) is 0 Å². The Morgan fingerprint density at radius 1 is 1.12 bits per heavy atom. The zero-order valence-corrected chi connectivity index (χ0v) is 10.0. The highest BCUT2D eigenvalue weighted by Gasteiger charge is 2.21. The van der Waals surface area contributed by atoms with Gasteiger partial charge < -0.3 is 4.74 Å². The lowest BCUT2D eigenvalue weighted by Crippen LogP contribution is -2.05. The Bertz CT molecular complexity index is 377. The zero-order valence-electron chi connectivity index (χ0n) is 10.0. The van der Waals surface area contributed by atoms with Crippen LogP contribution in [0, 0.1) is 0 Å². The molecule has 1 saturated carbocycles. The minimum atomic E-state index is 0.372. The quantitative estimate of drug-likeness (QED) is 0.688. The third-order valence-electron chi connectivity index (χ3n) is 4.00. The van der Waals surface area contributed by atoms with E-state index in [0.717, 1.165) is 18.1 Å². The van der Waals surface area contributed by atoms with E-state index in [2.05, 4.69) is 25.1 Å². The average molecular weight is 216 g/mol. The van der Waals surface area contributed by atoms with Crippen LogP contribution in [-0.2, 0) is 6.42 Å². The lowest BCUT2D eigenvalue weighted by Gasteiger charge is -2.22. The fourth-order valence-electron chi connectivity index (χ4n) is 3.13. The second-order valence-corrected chi connectivity index (χ2v) is 5.33. The van der Waals surface area contributed by atoms with Crippen molar-refractivity contribution >= 4 is 0 Å². The second-order valence-electron chi connectivity index (χ2n) is 5.33. The van der Waals surface area contributed by atoms with Crippen LogP contribution >= 0.6 is 0 Å². The molecular weight excluding hydrogens is 196 g/mol. The number of benzene rings is 1. The maximum atomic E-state index is 5.75. The van der Waals surface area contributed by atoms with Gasteiger partial charge in [-0.3, -0.25) is 0 Å². The summed E-state index contributed by atoms with van der Waals surface area (Å²) in [7, 11) is 0. The van der Waals surface area contributed by atoms with Crippen LogP contribution in [0.4, 0.5) is 0 Å². The first-order chi connectivity index (χ1) is 7.83. The van der Waals surface area contributed by atoms with Crippen molar-refractivity contribution in [2.45, 2.75) is 57.5 Å². The monoisotopic (exact) mass is 216 g/mol. The molecule has 1 aliphatic heterocycles. The van der Waals surface area contributed by atoms with Gasteiger partial charge in [0.05, 0.1) is 0 Å². The SMILES string of the molecule is CC1Cc2cc(C3CCCCC3)ccc2O1. The van der Waals surface area contributed by atoms with Crippen molar-refractivity contribution in [2.75, 3.05) is 0 Å². The highest BCUT2D eigenvalue weighted by atomic mass is 16.5. The lowest BCUT2D eigenvalue weighted by molar-refractivity contribution is 0.254. The van der Waals surface area contributed by atoms with E-state index >= 15 is 0 Å². The van der Waals surface area contributed by atoms with E-state index in [0.29, 0.717) is 6.10 Å². The minimum Gasteiger partial charge on any atom is -0.490 e. The van der Waals surface area contributed by atoms with Crippen LogP contribution in [0.2, 0.25) is 0 Å². The molecule has 0 aromatic heterocycles. The first kappa shape index (κ1) is 10.2. The molecule has 1 atom stereocenters. The van der Waals surface area contributed by atoms with Crippen molar-refractivity contribution in [1.82, 2.24) is 0 Å². The lowest BCUT2D eigenvalue weighted by atomic mass is 9.83. The van der Waals surface area contributed by atoms with E-state index in [9.17, 15) is 0 Å². The van der Waals surface area contributed by atoms with Crippen molar-refractivity contribution < 1.29 is 4.74 Å². The van der Waals surface area contributed by atoms with Crippen LogP contribution in [0.15, 0.2) is 18.2 Å². The topological polar surface area (TPSA) is 9.23 Å². The smallest absolute Gasteiger partial charge is 0.123 e. The number of hydrogen-bond acceptors (Lipinski definition) is 1. The van der Waals surface area contributed by atoms with E-state index in [1.165, 1.54) is 37.7 Å². The van der Waals surface area contributed by atoms with Gasteiger partial charge in [-0.2, -0.15) is 0 Å². The predicted molar refractivity (Wildman–Crippen MR) is 66.1 cm³/mol. The molecule has 16 heavy (non-hydrogen) atoms. The Morgan fingerprint density at radius 2 is 1.94 bits per heavy atom. The number of rotatable bonds is 1. The molecule has 0 N–H and O–H groups in total. The Hall–Kier alpha value is -0.980. The second kappa shape index (κ2) is 4.12. The number of fused-ring (bicyclic) bond motifs is 1. The molecule has 2 aliphatic rings. The molecule has 0 radical (unpaired) electrons. The third-order valence-corrected chi connectivity index (χ3v) is 4.00. The van der Waals surface area contributed by atoms with Crippen LogP contribution in [0.1, 0.15) is 56.1 Å². The Labute approximate surface area is 97.8 Å². The molecule has 3 rings (SSSR count). The normalized spacial score (nSPS) is 25.2. The van der Waals surface area contributed by atoms with Gasteiger partial charge in [-0.1, -0.05) is 31.4 Å². The fourth-order valence-corrected chi connectivity index (χ4v) is 3.13. The molecule has 0 amide bonds. The molecule has 1 heterocycles. The molecule has 1 aromatic rings. The van der Waals surface area contributed by atoms with Crippen LogP contribution in [-0.4, -0.2) is 6.10 Å². The van der Waals surface area contributed by atoms with Crippen LogP contribution < -0.4 is 4.74 Å².